The first kappa shape index (κ1) is 10.2. The maximum absolute atomic E-state index is 9.33. The van der Waals surface area contributed by atoms with Crippen LogP contribution in [0.1, 0.15) is 18.7 Å². The largest absolute Gasteiger partial charge is 0.332 e. The first-order valence-corrected chi connectivity index (χ1v) is 5.30. The van der Waals surface area contributed by atoms with Crippen molar-refractivity contribution in [2.75, 3.05) is 7.05 Å². The zero-order chi connectivity index (χ0) is 10.9. The summed E-state index contributed by atoms with van der Waals surface area (Å²) >= 11 is 0. The van der Waals surface area contributed by atoms with E-state index >= 15 is 0 Å². The Morgan fingerprint density at radius 3 is 2.87 bits per heavy atom. The van der Waals surface area contributed by atoms with Gasteiger partial charge in [0.25, 0.3) is 0 Å². The highest BCUT2D eigenvalue weighted by atomic mass is 15.1. The van der Waals surface area contributed by atoms with Crippen molar-refractivity contribution in [2.45, 2.75) is 31.8 Å². The molecule has 1 saturated carbocycles. The maximum atomic E-state index is 9.33. The number of aromatic nitrogens is 2. The van der Waals surface area contributed by atoms with Gasteiger partial charge in [0.2, 0.25) is 0 Å². The quantitative estimate of drug-likeness (QED) is 0.798. The van der Waals surface area contributed by atoms with E-state index < -0.39 is 5.54 Å². The van der Waals surface area contributed by atoms with Crippen molar-refractivity contribution in [3.05, 3.63) is 18.2 Å². The monoisotopic (exact) mass is 204 g/mol. The molecule has 4 nitrogen and oxygen atoms in total. The van der Waals surface area contributed by atoms with Crippen LogP contribution in [-0.4, -0.2) is 22.1 Å². The van der Waals surface area contributed by atoms with Gasteiger partial charge in [0.05, 0.1) is 12.6 Å². The van der Waals surface area contributed by atoms with Crippen LogP contribution in [0.4, 0.5) is 0 Å². The maximum Gasteiger partial charge on any atom is 0.127 e. The van der Waals surface area contributed by atoms with Crippen molar-refractivity contribution < 1.29 is 0 Å². The molecule has 1 N–H and O–H groups in total. The zero-order valence-corrected chi connectivity index (χ0v) is 9.20. The fourth-order valence-corrected chi connectivity index (χ4v) is 2.01. The van der Waals surface area contributed by atoms with Gasteiger partial charge in [-0.15, -0.1) is 0 Å². The number of likely N-dealkylation sites (N-methyl/N-ethyl adjacent to an activating group) is 1. The van der Waals surface area contributed by atoms with E-state index in [1.165, 1.54) is 0 Å². The normalized spacial score (nSPS) is 19.5. The molecule has 1 aliphatic rings. The molecule has 0 saturated heterocycles. The average molecular weight is 204 g/mol. The van der Waals surface area contributed by atoms with E-state index in [0.717, 1.165) is 18.7 Å². The minimum absolute atomic E-state index is 0.411. The van der Waals surface area contributed by atoms with Crippen LogP contribution >= 0.6 is 0 Å². The van der Waals surface area contributed by atoms with Gasteiger partial charge in [-0.2, -0.15) is 5.26 Å². The minimum atomic E-state index is -0.411. The summed E-state index contributed by atoms with van der Waals surface area (Å²) in [6, 6.07) is 2.43. The highest BCUT2D eigenvalue weighted by Gasteiger charge is 2.45. The number of hydrogen-bond acceptors (Lipinski definition) is 3. The van der Waals surface area contributed by atoms with Crippen molar-refractivity contribution in [3.63, 3.8) is 0 Å². The minimum Gasteiger partial charge on any atom is -0.332 e. The number of nitrogens with one attached hydrogen (secondary N) is 1. The second kappa shape index (κ2) is 3.67. The van der Waals surface area contributed by atoms with Gasteiger partial charge in [0.15, 0.2) is 0 Å². The number of nitrogens with zero attached hydrogens (tertiary/aromatic N) is 3. The van der Waals surface area contributed by atoms with Crippen LogP contribution in [0.3, 0.4) is 0 Å². The Bertz CT molecular complexity index is 386. The molecule has 1 atom stereocenters. The van der Waals surface area contributed by atoms with E-state index in [4.69, 9.17) is 0 Å². The van der Waals surface area contributed by atoms with Crippen molar-refractivity contribution in [1.82, 2.24) is 14.9 Å². The lowest BCUT2D eigenvalue weighted by Gasteiger charge is -2.26. The molecule has 0 aliphatic heterocycles. The van der Waals surface area contributed by atoms with Crippen LogP contribution in [0, 0.1) is 24.2 Å². The van der Waals surface area contributed by atoms with Gasteiger partial charge in [0, 0.05) is 12.4 Å². The molecule has 4 heteroatoms. The molecule has 0 radical (unpaired) electrons. The van der Waals surface area contributed by atoms with Gasteiger partial charge in [-0.3, -0.25) is 0 Å². The number of nitriles is 1. The first-order chi connectivity index (χ1) is 7.22. The highest BCUT2D eigenvalue weighted by Crippen LogP contribution is 2.40. The van der Waals surface area contributed by atoms with Crippen LogP contribution in [0.25, 0.3) is 0 Å². The molecule has 2 rings (SSSR count). The summed E-state index contributed by atoms with van der Waals surface area (Å²) in [5.41, 5.74) is -0.411. The smallest absolute Gasteiger partial charge is 0.127 e. The Labute approximate surface area is 89.9 Å². The van der Waals surface area contributed by atoms with Crippen molar-refractivity contribution in [2.24, 2.45) is 5.92 Å². The Hall–Kier alpha value is -1.34. The van der Waals surface area contributed by atoms with Gasteiger partial charge in [-0.25, -0.2) is 4.98 Å². The lowest BCUT2D eigenvalue weighted by Crippen LogP contribution is -2.47. The van der Waals surface area contributed by atoms with Gasteiger partial charge in [-0.1, -0.05) is 0 Å². The van der Waals surface area contributed by atoms with E-state index in [1.807, 2.05) is 24.7 Å². The van der Waals surface area contributed by atoms with E-state index in [0.29, 0.717) is 12.5 Å². The Balaban J connectivity index is 2.21. The van der Waals surface area contributed by atoms with Crippen LogP contribution < -0.4 is 5.32 Å². The highest BCUT2D eigenvalue weighted by molar-refractivity contribution is 5.15. The summed E-state index contributed by atoms with van der Waals surface area (Å²) < 4.78 is 2.04. The number of rotatable bonds is 4. The molecule has 1 heterocycles. The first-order valence-electron chi connectivity index (χ1n) is 5.30. The molecular weight excluding hydrogens is 188 g/mol. The number of hydrogen-bond donors (Lipinski definition) is 1. The van der Waals surface area contributed by atoms with Gasteiger partial charge in [-0.05, 0) is 32.7 Å². The summed E-state index contributed by atoms with van der Waals surface area (Å²) in [5, 5.41) is 12.5. The van der Waals surface area contributed by atoms with E-state index in [-0.39, 0.29) is 0 Å². The topological polar surface area (TPSA) is 53.6 Å². The molecule has 0 amide bonds. The van der Waals surface area contributed by atoms with Crippen LogP contribution in [0.15, 0.2) is 12.4 Å². The van der Waals surface area contributed by atoms with Crippen molar-refractivity contribution in [1.29, 1.82) is 5.26 Å². The second-order valence-corrected chi connectivity index (χ2v) is 4.21. The fourth-order valence-electron chi connectivity index (χ4n) is 2.01. The molecule has 1 unspecified atom stereocenters. The van der Waals surface area contributed by atoms with Crippen LogP contribution in [-0.2, 0) is 6.54 Å². The van der Waals surface area contributed by atoms with Gasteiger partial charge < -0.3 is 9.88 Å². The van der Waals surface area contributed by atoms with Crippen molar-refractivity contribution >= 4 is 0 Å². The predicted octanol–water partition coefficient (Wildman–Crippen LogP) is 1.08. The molecule has 80 valence electrons. The molecule has 0 spiro atoms. The zero-order valence-electron chi connectivity index (χ0n) is 9.20. The molecule has 0 bridgehead atoms. The molecule has 1 aromatic rings. The molecule has 15 heavy (non-hydrogen) atoms. The SMILES string of the molecule is CNC(C#N)(Cn1ccnc1C)C1CC1. The third kappa shape index (κ3) is 1.75. The summed E-state index contributed by atoms with van der Waals surface area (Å²) in [6.07, 6.45) is 6.02. The number of imidazole rings is 1. The summed E-state index contributed by atoms with van der Waals surface area (Å²) in [5.74, 6) is 1.46. The van der Waals surface area contributed by atoms with Crippen LogP contribution in [0.2, 0.25) is 0 Å². The lowest BCUT2D eigenvalue weighted by atomic mass is 9.95. The Morgan fingerprint density at radius 1 is 1.73 bits per heavy atom. The van der Waals surface area contributed by atoms with E-state index in [1.54, 1.807) is 6.20 Å². The van der Waals surface area contributed by atoms with E-state index in [9.17, 15) is 5.26 Å². The lowest BCUT2D eigenvalue weighted by molar-refractivity contribution is 0.338. The second-order valence-electron chi connectivity index (χ2n) is 4.21. The van der Waals surface area contributed by atoms with Crippen LogP contribution in [0.5, 0.6) is 0 Å². The standard InChI is InChI=1S/C11H16N4/c1-9-14-5-6-15(9)8-11(7-12,13-2)10-3-4-10/h5-6,10,13H,3-4,8H2,1-2H3. The fraction of sp³-hybridized carbons (Fsp3) is 0.636. The van der Waals surface area contributed by atoms with Gasteiger partial charge in [0.1, 0.15) is 11.4 Å². The Morgan fingerprint density at radius 2 is 2.47 bits per heavy atom. The van der Waals surface area contributed by atoms with E-state index in [2.05, 4.69) is 16.4 Å². The van der Waals surface area contributed by atoms with Crippen molar-refractivity contribution in [3.8, 4) is 6.07 Å². The average Bonchev–Trinajstić information content (AvgIpc) is 3.02. The summed E-state index contributed by atoms with van der Waals surface area (Å²) in [4.78, 5) is 4.17. The molecule has 0 aromatic carbocycles. The molecule has 1 fully saturated rings. The molecular formula is C11H16N4. The molecule has 1 aromatic heterocycles. The summed E-state index contributed by atoms with van der Waals surface area (Å²) in [7, 11) is 1.87. The predicted molar refractivity (Wildman–Crippen MR) is 57.1 cm³/mol. The number of aryl methyl sites for hydroxylation is 1. The summed E-state index contributed by atoms with van der Waals surface area (Å²) in [6.45, 7) is 2.65. The third-order valence-electron chi connectivity index (χ3n) is 3.26. The molecule has 1 aliphatic carbocycles. The third-order valence-corrected chi connectivity index (χ3v) is 3.26. The Kier molecular flexibility index (Phi) is 2.49. The van der Waals surface area contributed by atoms with Gasteiger partial charge >= 0.3 is 0 Å².